The minimum absolute atomic E-state index is 0.00437. The summed E-state index contributed by atoms with van der Waals surface area (Å²) in [6.45, 7) is 0.668. The maximum absolute atomic E-state index is 14.1. The van der Waals surface area contributed by atoms with Crippen LogP contribution in [0.4, 0.5) is 15.8 Å². The van der Waals surface area contributed by atoms with Gasteiger partial charge in [-0.05, 0) is 48.0 Å². The van der Waals surface area contributed by atoms with Crippen molar-refractivity contribution in [1.29, 1.82) is 0 Å². The Hall–Kier alpha value is -3.82. The molecule has 3 aromatic carbocycles. The number of anilines is 1. The minimum atomic E-state index is -0.530. The van der Waals surface area contributed by atoms with Gasteiger partial charge in [-0.15, -0.1) is 11.3 Å². The number of halogens is 2. The number of rotatable bonds is 4. The van der Waals surface area contributed by atoms with Gasteiger partial charge in [0.05, 0.1) is 28.6 Å². The van der Waals surface area contributed by atoms with Gasteiger partial charge in [-0.1, -0.05) is 17.7 Å². The number of aromatic nitrogens is 1. The molecule has 1 amide bonds. The Kier molecular flexibility index (Phi) is 5.43. The van der Waals surface area contributed by atoms with Gasteiger partial charge in [-0.2, -0.15) is 0 Å². The lowest BCUT2D eigenvalue weighted by Crippen LogP contribution is -2.25. The van der Waals surface area contributed by atoms with Crippen LogP contribution >= 0.6 is 22.9 Å². The molecule has 1 aromatic heterocycles. The van der Waals surface area contributed by atoms with E-state index < -0.39 is 5.82 Å². The van der Waals surface area contributed by atoms with E-state index in [1.165, 1.54) is 23.5 Å². The number of nitrogens with one attached hydrogen (secondary N) is 1. The van der Waals surface area contributed by atoms with Crippen molar-refractivity contribution in [2.24, 2.45) is 4.99 Å². The highest BCUT2D eigenvalue weighted by molar-refractivity contribution is 7.07. The number of amides is 1. The second-order valence-electron chi connectivity index (χ2n) is 7.94. The largest absolute Gasteiger partial charge is 0.482 e. The van der Waals surface area contributed by atoms with Gasteiger partial charge in [0.15, 0.2) is 22.9 Å². The van der Waals surface area contributed by atoms with Crippen molar-refractivity contribution in [3.05, 3.63) is 81.2 Å². The Morgan fingerprint density at radius 1 is 1.03 bits per heavy atom. The normalized spacial score (nSPS) is 14.5. The Balaban J connectivity index is 1.46. The second kappa shape index (κ2) is 8.75. The summed E-state index contributed by atoms with van der Waals surface area (Å²) in [7, 11) is 0. The van der Waals surface area contributed by atoms with Crippen molar-refractivity contribution in [2.45, 2.75) is 6.54 Å². The summed E-state index contributed by atoms with van der Waals surface area (Å²) in [6, 6.07) is 15.9. The number of ether oxygens (including phenoxy) is 3. The molecule has 3 heterocycles. The zero-order chi connectivity index (χ0) is 23.9. The quantitative estimate of drug-likeness (QED) is 0.402. The molecule has 0 saturated carbocycles. The van der Waals surface area contributed by atoms with Gasteiger partial charge in [0, 0.05) is 17.0 Å². The number of carbonyl (C=O) groups is 1. The SMILES string of the molecule is O=C1COc2ccc(-c3csc(=Nc4ccc(Cl)c(F)c4)n3Cc3ccc4c(c3)OCO4)cc2N1. The average Bonchev–Trinajstić information content (AvgIpc) is 3.48. The molecule has 0 atom stereocenters. The van der Waals surface area contributed by atoms with Gasteiger partial charge in [0.2, 0.25) is 6.79 Å². The van der Waals surface area contributed by atoms with Gasteiger partial charge in [0.1, 0.15) is 11.6 Å². The maximum Gasteiger partial charge on any atom is 0.262 e. The molecule has 6 rings (SSSR count). The first kappa shape index (κ1) is 21.7. The fourth-order valence-corrected chi connectivity index (χ4v) is 4.98. The zero-order valence-electron chi connectivity index (χ0n) is 18.1. The van der Waals surface area contributed by atoms with Crippen LogP contribution < -0.4 is 24.3 Å². The predicted octanol–water partition coefficient (Wildman–Crippen LogP) is 5.35. The molecule has 2 aliphatic rings. The summed E-state index contributed by atoms with van der Waals surface area (Å²) in [5.41, 5.74) is 3.79. The maximum atomic E-state index is 14.1. The third-order valence-electron chi connectivity index (χ3n) is 5.61. The van der Waals surface area contributed by atoms with E-state index in [0.717, 1.165) is 16.8 Å². The molecule has 0 fully saturated rings. The average molecular weight is 510 g/mol. The summed E-state index contributed by atoms with van der Waals surface area (Å²) in [4.78, 5) is 17.2. The van der Waals surface area contributed by atoms with E-state index in [4.69, 9.17) is 25.8 Å². The molecule has 35 heavy (non-hydrogen) atoms. The lowest BCUT2D eigenvalue weighted by Gasteiger charge is -2.19. The highest BCUT2D eigenvalue weighted by Gasteiger charge is 2.19. The minimum Gasteiger partial charge on any atom is -0.482 e. The highest BCUT2D eigenvalue weighted by atomic mass is 35.5. The number of hydrogen-bond donors (Lipinski definition) is 1. The van der Waals surface area contributed by atoms with Gasteiger partial charge < -0.3 is 24.1 Å². The van der Waals surface area contributed by atoms with Crippen molar-refractivity contribution >= 4 is 40.2 Å². The highest BCUT2D eigenvalue weighted by Crippen LogP contribution is 2.35. The molecule has 0 radical (unpaired) electrons. The van der Waals surface area contributed by atoms with Crippen LogP contribution in [-0.4, -0.2) is 23.9 Å². The summed E-state index contributed by atoms with van der Waals surface area (Å²) in [5, 5.41) is 4.87. The summed E-state index contributed by atoms with van der Waals surface area (Å²) < 4.78 is 32.5. The molecule has 0 aliphatic carbocycles. The molecule has 2 aliphatic heterocycles. The third-order valence-corrected chi connectivity index (χ3v) is 6.78. The summed E-state index contributed by atoms with van der Waals surface area (Å²) >= 11 is 7.26. The summed E-state index contributed by atoms with van der Waals surface area (Å²) in [5.74, 6) is 1.28. The molecule has 4 aromatic rings. The number of carbonyl (C=O) groups excluding carboxylic acids is 1. The van der Waals surface area contributed by atoms with E-state index in [-0.39, 0.29) is 24.3 Å². The Bertz CT molecular complexity index is 1550. The van der Waals surface area contributed by atoms with Crippen molar-refractivity contribution in [3.8, 4) is 28.5 Å². The van der Waals surface area contributed by atoms with E-state index in [1.807, 2.05) is 46.3 Å². The van der Waals surface area contributed by atoms with Gasteiger partial charge >= 0.3 is 0 Å². The smallest absolute Gasteiger partial charge is 0.262 e. The Morgan fingerprint density at radius 2 is 1.89 bits per heavy atom. The topological polar surface area (TPSA) is 74.1 Å². The summed E-state index contributed by atoms with van der Waals surface area (Å²) in [6.07, 6.45) is 0. The molecule has 0 bridgehead atoms. The second-order valence-corrected chi connectivity index (χ2v) is 9.18. The van der Waals surface area contributed by atoms with Crippen LogP contribution in [0.25, 0.3) is 11.3 Å². The Morgan fingerprint density at radius 3 is 2.77 bits per heavy atom. The van der Waals surface area contributed by atoms with Gasteiger partial charge in [-0.3, -0.25) is 4.79 Å². The van der Waals surface area contributed by atoms with Crippen molar-refractivity contribution < 1.29 is 23.4 Å². The number of nitrogens with zero attached hydrogens (tertiary/aromatic N) is 2. The number of benzene rings is 3. The lowest BCUT2D eigenvalue weighted by molar-refractivity contribution is -0.118. The third kappa shape index (κ3) is 4.24. The zero-order valence-corrected chi connectivity index (χ0v) is 19.7. The van der Waals surface area contributed by atoms with E-state index in [2.05, 4.69) is 10.3 Å². The monoisotopic (exact) mass is 509 g/mol. The fraction of sp³-hybridized carbons (Fsp3) is 0.120. The Labute approximate surface area is 208 Å². The van der Waals surface area contributed by atoms with Crippen molar-refractivity contribution in [2.75, 3.05) is 18.7 Å². The first-order chi connectivity index (χ1) is 17.0. The number of thiazole rings is 1. The first-order valence-electron chi connectivity index (χ1n) is 10.7. The van der Waals surface area contributed by atoms with Crippen LogP contribution in [0.3, 0.4) is 0 Å². The number of hydrogen-bond acceptors (Lipinski definition) is 6. The molecule has 0 unspecified atom stereocenters. The number of fused-ring (bicyclic) bond motifs is 2. The van der Waals surface area contributed by atoms with Crippen LogP contribution in [0.1, 0.15) is 5.56 Å². The molecule has 10 heteroatoms. The molecule has 0 saturated heterocycles. The van der Waals surface area contributed by atoms with Crippen LogP contribution in [-0.2, 0) is 11.3 Å². The van der Waals surface area contributed by atoms with E-state index in [9.17, 15) is 9.18 Å². The van der Waals surface area contributed by atoms with Crippen LogP contribution in [0, 0.1) is 5.82 Å². The van der Waals surface area contributed by atoms with Crippen molar-refractivity contribution in [3.63, 3.8) is 0 Å². The standard InChI is InChI=1S/C25H17ClFN3O4S/c26-17-4-3-16(9-18(17)27)28-25-30(10-14-1-5-22-23(7-14)34-13-33-22)20(12-35-25)15-2-6-21-19(8-15)29-24(31)11-32-21/h1-9,12H,10-11,13H2,(H,29,31). The van der Waals surface area contributed by atoms with Crippen LogP contribution in [0.5, 0.6) is 17.2 Å². The van der Waals surface area contributed by atoms with Gasteiger partial charge in [-0.25, -0.2) is 9.38 Å². The lowest BCUT2D eigenvalue weighted by atomic mass is 10.1. The molecule has 1 N–H and O–H groups in total. The van der Waals surface area contributed by atoms with Crippen LogP contribution in [0.15, 0.2) is 65.0 Å². The molecule has 7 nitrogen and oxygen atoms in total. The molecular formula is C25H17ClFN3O4S. The van der Waals surface area contributed by atoms with E-state index >= 15 is 0 Å². The van der Waals surface area contributed by atoms with Crippen molar-refractivity contribution in [1.82, 2.24) is 4.57 Å². The predicted molar refractivity (Wildman–Crippen MR) is 130 cm³/mol. The van der Waals surface area contributed by atoms with E-state index in [1.54, 1.807) is 6.07 Å². The molecule has 0 spiro atoms. The van der Waals surface area contributed by atoms with E-state index in [0.29, 0.717) is 40.0 Å². The first-order valence-corrected chi connectivity index (χ1v) is 11.9. The van der Waals surface area contributed by atoms with Gasteiger partial charge in [0.25, 0.3) is 5.91 Å². The molecular weight excluding hydrogens is 493 g/mol. The van der Waals surface area contributed by atoms with Crippen LogP contribution in [0.2, 0.25) is 5.02 Å². The molecule has 176 valence electrons. The fourth-order valence-electron chi connectivity index (χ4n) is 3.93.